The SMILES string of the molecule is CC(=O)C(Nc1cc(C)c(NC(C(C)=O)C(N)=O)cc1C)C(N)=O. The molecule has 6 N–H and O–H groups in total. The van der Waals surface area contributed by atoms with Crippen LogP contribution in [0.5, 0.6) is 0 Å². The number of nitrogens with one attached hydrogen (secondary N) is 2. The normalized spacial score (nSPS) is 12.8. The van der Waals surface area contributed by atoms with Gasteiger partial charge in [-0.3, -0.25) is 19.2 Å². The van der Waals surface area contributed by atoms with Crippen LogP contribution in [0.4, 0.5) is 11.4 Å². The number of aryl methyl sites for hydroxylation is 2. The molecule has 2 atom stereocenters. The van der Waals surface area contributed by atoms with E-state index in [2.05, 4.69) is 10.6 Å². The molecule has 0 saturated heterocycles. The van der Waals surface area contributed by atoms with Gasteiger partial charge in [-0.2, -0.15) is 0 Å². The third-order valence-corrected chi connectivity index (χ3v) is 3.55. The summed E-state index contributed by atoms with van der Waals surface area (Å²) in [5, 5.41) is 5.61. The fourth-order valence-electron chi connectivity index (χ4n) is 2.18. The lowest BCUT2D eigenvalue weighted by atomic mass is 10.0. The summed E-state index contributed by atoms with van der Waals surface area (Å²) in [5.41, 5.74) is 12.9. The van der Waals surface area contributed by atoms with Crippen LogP contribution in [0.2, 0.25) is 0 Å². The van der Waals surface area contributed by atoms with E-state index in [4.69, 9.17) is 11.5 Å². The van der Waals surface area contributed by atoms with Crippen LogP contribution in [-0.4, -0.2) is 35.5 Å². The molecule has 0 fully saturated rings. The molecule has 1 rings (SSSR count). The molecule has 0 aliphatic heterocycles. The number of anilines is 2. The van der Waals surface area contributed by atoms with E-state index in [0.29, 0.717) is 22.5 Å². The van der Waals surface area contributed by atoms with E-state index < -0.39 is 35.5 Å². The predicted molar refractivity (Wildman–Crippen MR) is 90.5 cm³/mol. The Labute approximate surface area is 140 Å². The van der Waals surface area contributed by atoms with Crippen LogP contribution in [0.3, 0.4) is 0 Å². The lowest BCUT2D eigenvalue weighted by Crippen LogP contribution is -2.41. The molecule has 0 saturated carbocycles. The van der Waals surface area contributed by atoms with Crippen LogP contribution in [0.1, 0.15) is 25.0 Å². The van der Waals surface area contributed by atoms with Crippen LogP contribution >= 0.6 is 0 Å². The van der Waals surface area contributed by atoms with Crippen molar-refractivity contribution in [3.63, 3.8) is 0 Å². The first-order valence-corrected chi connectivity index (χ1v) is 7.28. The zero-order chi connectivity index (χ0) is 18.6. The molecule has 0 aromatic heterocycles. The van der Waals surface area contributed by atoms with Gasteiger partial charge in [-0.1, -0.05) is 0 Å². The zero-order valence-electron chi connectivity index (χ0n) is 14.1. The maximum Gasteiger partial charge on any atom is 0.247 e. The maximum atomic E-state index is 11.5. The summed E-state index contributed by atoms with van der Waals surface area (Å²) < 4.78 is 0. The minimum absolute atomic E-state index is 0.396. The van der Waals surface area contributed by atoms with Crippen LogP contribution in [0.15, 0.2) is 12.1 Å². The van der Waals surface area contributed by atoms with Gasteiger partial charge in [0.1, 0.15) is 0 Å². The van der Waals surface area contributed by atoms with Crippen molar-refractivity contribution in [2.24, 2.45) is 11.5 Å². The number of benzene rings is 1. The summed E-state index contributed by atoms with van der Waals surface area (Å²) in [6, 6.07) is 1.12. The average Bonchev–Trinajstić information content (AvgIpc) is 2.44. The van der Waals surface area contributed by atoms with E-state index >= 15 is 0 Å². The number of amides is 2. The topological polar surface area (TPSA) is 144 Å². The Balaban J connectivity index is 3.13. The second-order valence-corrected chi connectivity index (χ2v) is 5.66. The van der Waals surface area contributed by atoms with Crippen LogP contribution in [0.25, 0.3) is 0 Å². The van der Waals surface area contributed by atoms with Crippen molar-refractivity contribution in [2.45, 2.75) is 39.8 Å². The van der Waals surface area contributed by atoms with E-state index in [1.54, 1.807) is 26.0 Å². The predicted octanol–water partition coefficient (Wildman–Crippen LogP) is 0.0130. The van der Waals surface area contributed by atoms with Crippen molar-refractivity contribution in [3.05, 3.63) is 23.3 Å². The highest BCUT2D eigenvalue weighted by atomic mass is 16.2. The Bertz CT molecular complexity index is 612. The first-order valence-electron chi connectivity index (χ1n) is 7.28. The second-order valence-electron chi connectivity index (χ2n) is 5.66. The molecule has 24 heavy (non-hydrogen) atoms. The van der Waals surface area contributed by atoms with Gasteiger partial charge in [0.15, 0.2) is 23.7 Å². The second kappa shape index (κ2) is 7.58. The number of hydrogen-bond donors (Lipinski definition) is 4. The minimum atomic E-state index is -1.13. The molecule has 8 heteroatoms. The smallest absolute Gasteiger partial charge is 0.247 e. The first kappa shape index (κ1) is 19.1. The third-order valence-electron chi connectivity index (χ3n) is 3.55. The molecule has 0 heterocycles. The van der Waals surface area contributed by atoms with Gasteiger partial charge in [0.25, 0.3) is 0 Å². The molecule has 0 aliphatic rings. The largest absolute Gasteiger partial charge is 0.367 e. The molecular formula is C16H22N4O4. The molecule has 1 aromatic rings. The Morgan fingerprint density at radius 1 is 0.792 bits per heavy atom. The molecule has 2 amide bonds. The van der Waals surface area contributed by atoms with Crippen molar-refractivity contribution in [1.29, 1.82) is 0 Å². The zero-order valence-corrected chi connectivity index (χ0v) is 14.1. The Morgan fingerprint density at radius 3 is 1.29 bits per heavy atom. The minimum Gasteiger partial charge on any atom is -0.367 e. The van der Waals surface area contributed by atoms with E-state index in [1.165, 1.54) is 13.8 Å². The molecule has 0 bridgehead atoms. The standard InChI is InChI=1S/C16H22N4O4/c1-7-5-12(20-14(10(4)22)16(18)24)8(2)6-11(7)19-13(9(3)21)15(17)23/h5-6,13-14,19-20H,1-4H3,(H2,17,23)(H2,18,24). The third kappa shape index (κ3) is 4.55. The highest BCUT2D eigenvalue weighted by molar-refractivity contribution is 6.07. The fraction of sp³-hybridized carbons (Fsp3) is 0.375. The van der Waals surface area contributed by atoms with Gasteiger partial charge in [0.2, 0.25) is 11.8 Å². The molecule has 8 nitrogen and oxygen atoms in total. The van der Waals surface area contributed by atoms with E-state index in [0.717, 1.165) is 0 Å². The highest BCUT2D eigenvalue weighted by Crippen LogP contribution is 2.25. The monoisotopic (exact) mass is 334 g/mol. The molecule has 0 aliphatic carbocycles. The average molecular weight is 334 g/mol. The summed E-state index contributed by atoms with van der Waals surface area (Å²) >= 11 is 0. The van der Waals surface area contributed by atoms with Gasteiger partial charge in [0.05, 0.1) is 0 Å². The maximum absolute atomic E-state index is 11.5. The van der Waals surface area contributed by atoms with Crippen LogP contribution in [0, 0.1) is 13.8 Å². The number of carbonyl (C=O) groups excluding carboxylic acids is 4. The van der Waals surface area contributed by atoms with Crippen molar-refractivity contribution in [2.75, 3.05) is 10.6 Å². The van der Waals surface area contributed by atoms with Crippen molar-refractivity contribution in [1.82, 2.24) is 0 Å². The lowest BCUT2D eigenvalue weighted by molar-refractivity contribution is -0.128. The summed E-state index contributed by atoms with van der Waals surface area (Å²) in [6.45, 7) is 6.03. The van der Waals surface area contributed by atoms with Crippen molar-refractivity contribution >= 4 is 34.8 Å². The summed E-state index contributed by atoms with van der Waals surface area (Å²) in [4.78, 5) is 45.7. The van der Waals surface area contributed by atoms with Crippen LogP contribution < -0.4 is 22.1 Å². The van der Waals surface area contributed by atoms with E-state index in [1.807, 2.05) is 0 Å². The lowest BCUT2D eigenvalue weighted by Gasteiger charge is -2.20. The van der Waals surface area contributed by atoms with E-state index in [9.17, 15) is 19.2 Å². The molecule has 1 aromatic carbocycles. The first-order chi connectivity index (χ1) is 11.0. The molecule has 2 unspecified atom stereocenters. The van der Waals surface area contributed by atoms with Crippen molar-refractivity contribution in [3.8, 4) is 0 Å². The number of hydrogen-bond acceptors (Lipinski definition) is 6. The van der Waals surface area contributed by atoms with Gasteiger partial charge in [-0.05, 0) is 51.0 Å². The molecule has 0 radical (unpaired) electrons. The number of rotatable bonds is 8. The number of Topliss-reactive ketones (excluding diaryl/α,β-unsaturated/α-hetero) is 2. The van der Waals surface area contributed by atoms with Crippen LogP contribution in [-0.2, 0) is 19.2 Å². The molecule has 0 spiro atoms. The Kier molecular flexibility index (Phi) is 6.05. The highest BCUT2D eigenvalue weighted by Gasteiger charge is 2.23. The summed E-state index contributed by atoms with van der Waals surface area (Å²) in [7, 11) is 0. The number of ketones is 2. The molecular weight excluding hydrogens is 312 g/mol. The number of carbonyl (C=O) groups is 4. The molecule has 130 valence electrons. The quantitative estimate of drug-likeness (QED) is 0.493. The Morgan fingerprint density at radius 2 is 1.08 bits per heavy atom. The van der Waals surface area contributed by atoms with Gasteiger partial charge in [-0.25, -0.2) is 0 Å². The van der Waals surface area contributed by atoms with E-state index in [-0.39, 0.29) is 0 Å². The Hall–Kier alpha value is -2.90. The number of primary amides is 2. The number of nitrogens with two attached hydrogens (primary N) is 2. The van der Waals surface area contributed by atoms with Gasteiger partial charge < -0.3 is 22.1 Å². The fourth-order valence-corrected chi connectivity index (χ4v) is 2.18. The van der Waals surface area contributed by atoms with Gasteiger partial charge in [-0.15, -0.1) is 0 Å². The van der Waals surface area contributed by atoms with Crippen molar-refractivity contribution < 1.29 is 19.2 Å². The van der Waals surface area contributed by atoms with Gasteiger partial charge in [0, 0.05) is 11.4 Å². The van der Waals surface area contributed by atoms with Gasteiger partial charge >= 0.3 is 0 Å². The summed E-state index contributed by atoms with van der Waals surface area (Å²) in [6.07, 6.45) is 0. The summed E-state index contributed by atoms with van der Waals surface area (Å²) in [5.74, 6) is -2.33.